The maximum Gasteiger partial charge on any atom is 0.242 e. The van der Waals surface area contributed by atoms with Crippen molar-refractivity contribution in [2.75, 3.05) is 7.05 Å². The number of allylic oxidation sites excluding steroid dienone is 5. The van der Waals surface area contributed by atoms with Gasteiger partial charge in [0, 0.05) is 18.7 Å². The molecule has 2 heteroatoms. The highest BCUT2D eigenvalue weighted by Crippen LogP contribution is 2.51. The SMILES string of the molecule is CN1C(=O)C(c2ccccc2)(c2ccccc2)C2C=CC=CC=C21. The summed E-state index contributed by atoms with van der Waals surface area (Å²) in [5.41, 5.74) is 2.39. The Kier molecular flexibility index (Phi) is 3.46. The van der Waals surface area contributed by atoms with E-state index in [1.165, 1.54) is 0 Å². The molecule has 1 aliphatic heterocycles. The van der Waals surface area contributed by atoms with E-state index >= 15 is 0 Å². The van der Waals surface area contributed by atoms with Crippen LogP contribution in [0.2, 0.25) is 0 Å². The van der Waals surface area contributed by atoms with Gasteiger partial charge in [-0.15, -0.1) is 0 Å². The minimum absolute atomic E-state index is 0.0187. The van der Waals surface area contributed by atoms with Gasteiger partial charge in [-0.3, -0.25) is 4.79 Å². The zero-order valence-corrected chi connectivity index (χ0v) is 13.6. The molecule has 1 amide bonds. The molecular formula is C22H19NO. The van der Waals surface area contributed by atoms with E-state index < -0.39 is 5.41 Å². The highest BCUT2D eigenvalue weighted by Gasteiger charge is 2.56. The van der Waals surface area contributed by atoms with E-state index in [1.807, 2.05) is 66.6 Å². The second-order valence-electron chi connectivity index (χ2n) is 6.24. The first kappa shape index (κ1) is 14.7. The second kappa shape index (κ2) is 5.64. The van der Waals surface area contributed by atoms with E-state index in [2.05, 4.69) is 36.4 Å². The molecule has 1 atom stereocenters. The van der Waals surface area contributed by atoms with Gasteiger partial charge in [0.05, 0.1) is 0 Å². The second-order valence-corrected chi connectivity index (χ2v) is 6.24. The van der Waals surface area contributed by atoms with Crippen LogP contribution in [0.4, 0.5) is 0 Å². The number of likely N-dealkylation sites (tertiary alicyclic amines) is 1. The molecule has 1 aliphatic carbocycles. The number of benzene rings is 2. The normalized spacial score (nSPS) is 21.4. The predicted molar refractivity (Wildman–Crippen MR) is 96.3 cm³/mol. The summed E-state index contributed by atoms with van der Waals surface area (Å²) in [6.07, 6.45) is 10.3. The minimum atomic E-state index is -0.717. The zero-order chi connectivity index (χ0) is 16.6. The van der Waals surface area contributed by atoms with E-state index in [9.17, 15) is 4.79 Å². The summed E-state index contributed by atoms with van der Waals surface area (Å²) in [7, 11) is 1.88. The van der Waals surface area contributed by atoms with Crippen molar-refractivity contribution in [3.05, 3.63) is 108 Å². The topological polar surface area (TPSA) is 20.3 Å². The highest BCUT2D eigenvalue weighted by molar-refractivity contribution is 5.97. The summed E-state index contributed by atoms with van der Waals surface area (Å²) in [5, 5.41) is 0. The third-order valence-corrected chi connectivity index (χ3v) is 5.07. The maximum atomic E-state index is 13.5. The van der Waals surface area contributed by atoms with Crippen LogP contribution in [-0.2, 0) is 10.2 Å². The van der Waals surface area contributed by atoms with Crippen LogP contribution in [0.5, 0.6) is 0 Å². The Morgan fingerprint density at radius 2 is 1.42 bits per heavy atom. The lowest BCUT2D eigenvalue weighted by molar-refractivity contribution is -0.129. The fraction of sp³-hybridized carbons (Fsp3) is 0.136. The summed E-state index contributed by atoms with van der Waals surface area (Å²) < 4.78 is 0. The Morgan fingerprint density at radius 3 is 2.00 bits per heavy atom. The summed E-state index contributed by atoms with van der Waals surface area (Å²) in [6, 6.07) is 20.3. The lowest BCUT2D eigenvalue weighted by Gasteiger charge is -2.32. The van der Waals surface area contributed by atoms with E-state index in [-0.39, 0.29) is 11.8 Å². The van der Waals surface area contributed by atoms with Crippen LogP contribution in [0.15, 0.2) is 96.7 Å². The average molecular weight is 313 g/mol. The number of likely N-dealkylation sites (N-methyl/N-ethyl adjacent to an activating group) is 1. The van der Waals surface area contributed by atoms with Crippen molar-refractivity contribution in [2.45, 2.75) is 5.41 Å². The molecule has 0 saturated carbocycles. The third-order valence-electron chi connectivity index (χ3n) is 5.07. The van der Waals surface area contributed by atoms with Gasteiger partial charge in [0.2, 0.25) is 5.91 Å². The summed E-state index contributed by atoms with van der Waals surface area (Å²) in [5.74, 6) is 0.103. The number of rotatable bonds is 2. The first-order valence-electron chi connectivity index (χ1n) is 8.20. The largest absolute Gasteiger partial charge is 0.318 e. The van der Waals surface area contributed by atoms with Crippen LogP contribution < -0.4 is 0 Å². The average Bonchev–Trinajstić information content (AvgIpc) is 2.81. The van der Waals surface area contributed by atoms with Crippen LogP contribution in [0, 0.1) is 5.92 Å². The smallest absolute Gasteiger partial charge is 0.242 e. The Morgan fingerprint density at radius 1 is 0.833 bits per heavy atom. The minimum Gasteiger partial charge on any atom is -0.318 e. The molecule has 2 aromatic carbocycles. The van der Waals surface area contributed by atoms with E-state index in [0.717, 1.165) is 16.8 Å². The number of hydrogen-bond donors (Lipinski definition) is 0. The Balaban J connectivity index is 2.06. The molecule has 1 heterocycles. The number of amides is 1. The number of hydrogen-bond acceptors (Lipinski definition) is 1. The molecule has 0 spiro atoms. The summed E-state index contributed by atoms with van der Waals surface area (Å²) in [4.78, 5) is 15.3. The van der Waals surface area contributed by atoms with Crippen molar-refractivity contribution in [1.29, 1.82) is 0 Å². The molecule has 24 heavy (non-hydrogen) atoms. The van der Waals surface area contributed by atoms with E-state index in [4.69, 9.17) is 0 Å². The Labute approximate surface area is 142 Å². The quantitative estimate of drug-likeness (QED) is 0.818. The van der Waals surface area contributed by atoms with E-state index in [1.54, 1.807) is 0 Å². The Hall–Kier alpha value is -2.87. The Bertz CT molecular complexity index is 807. The van der Waals surface area contributed by atoms with Crippen LogP contribution >= 0.6 is 0 Å². The molecule has 0 bridgehead atoms. The monoisotopic (exact) mass is 313 g/mol. The van der Waals surface area contributed by atoms with Crippen LogP contribution in [0.3, 0.4) is 0 Å². The molecule has 0 aromatic heterocycles. The van der Waals surface area contributed by atoms with Gasteiger partial charge in [0.1, 0.15) is 5.41 Å². The fourth-order valence-electron chi connectivity index (χ4n) is 3.97. The van der Waals surface area contributed by atoms with Gasteiger partial charge < -0.3 is 4.90 Å². The summed E-state index contributed by atoms with van der Waals surface area (Å²) in [6.45, 7) is 0. The first-order valence-corrected chi connectivity index (χ1v) is 8.20. The van der Waals surface area contributed by atoms with Gasteiger partial charge in [-0.05, 0) is 17.2 Å². The molecule has 1 saturated heterocycles. The molecule has 1 unspecified atom stereocenters. The molecule has 118 valence electrons. The highest BCUT2D eigenvalue weighted by atomic mass is 16.2. The van der Waals surface area contributed by atoms with Gasteiger partial charge in [0.15, 0.2) is 0 Å². The van der Waals surface area contributed by atoms with Crippen LogP contribution in [0.25, 0.3) is 0 Å². The molecule has 0 radical (unpaired) electrons. The van der Waals surface area contributed by atoms with Gasteiger partial charge in [-0.25, -0.2) is 0 Å². The molecule has 2 aliphatic rings. The van der Waals surface area contributed by atoms with Gasteiger partial charge >= 0.3 is 0 Å². The fourth-order valence-corrected chi connectivity index (χ4v) is 3.97. The molecule has 2 nitrogen and oxygen atoms in total. The lowest BCUT2D eigenvalue weighted by atomic mass is 9.66. The van der Waals surface area contributed by atoms with E-state index in [0.29, 0.717) is 0 Å². The maximum absolute atomic E-state index is 13.5. The van der Waals surface area contributed by atoms with Gasteiger partial charge in [-0.2, -0.15) is 0 Å². The molecule has 0 N–H and O–H groups in total. The number of fused-ring (bicyclic) bond motifs is 1. The predicted octanol–water partition coefficient (Wildman–Crippen LogP) is 4.07. The molecular weight excluding hydrogens is 294 g/mol. The van der Waals surface area contributed by atoms with Crippen molar-refractivity contribution in [3.8, 4) is 0 Å². The number of carbonyl (C=O) groups excluding carboxylic acids is 1. The van der Waals surface area contributed by atoms with Gasteiger partial charge in [-0.1, -0.05) is 85.0 Å². The number of nitrogens with zero attached hydrogens (tertiary/aromatic N) is 1. The van der Waals surface area contributed by atoms with Gasteiger partial charge in [0.25, 0.3) is 0 Å². The molecule has 4 rings (SSSR count). The molecule has 2 aromatic rings. The van der Waals surface area contributed by atoms with Crippen LogP contribution in [-0.4, -0.2) is 17.9 Å². The first-order chi connectivity index (χ1) is 11.8. The van der Waals surface area contributed by atoms with Crippen molar-refractivity contribution in [2.24, 2.45) is 5.92 Å². The summed E-state index contributed by atoms with van der Waals surface area (Å²) >= 11 is 0. The number of carbonyl (C=O) groups is 1. The van der Waals surface area contributed by atoms with Crippen molar-refractivity contribution in [3.63, 3.8) is 0 Å². The van der Waals surface area contributed by atoms with Crippen LogP contribution in [0.1, 0.15) is 11.1 Å². The lowest BCUT2D eigenvalue weighted by Crippen LogP contribution is -2.40. The molecule has 1 fully saturated rings. The van der Waals surface area contributed by atoms with Crippen molar-refractivity contribution >= 4 is 5.91 Å². The van der Waals surface area contributed by atoms with Crippen molar-refractivity contribution in [1.82, 2.24) is 4.90 Å². The third kappa shape index (κ3) is 1.93. The van der Waals surface area contributed by atoms with Crippen molar-refractivity contribution < 1.29 is 4.79 Å². The zero-order valence-electron chi connectivity index (χ0n) is 13.6. The standard InChI is InChI=1S/C22H19NO/c1-23-20-16-10-4-9-15-19(20)22(21(23)24,17-11-5-2-6-12-17)18-13-7-3-8-14-18/h2-16,19H,1H3.